The first kappa shape index (κ1) is 19.6. The minimum atomic E-state index is -0.377. The van der Waals surface area contributed by atoms with Crippen LogP contribution in [0, 0.1) is 6.92 Å². The molecule has 0 unspecified atom stereocenters. The molecule has 0 saturated carbocycles. The standard InChI is InChI=1S/C23H23N3O4/c1-14-7-6-8-15(11-14)21-20-18(24(2)23(28)25(3)22(20)27)13-26(21)17-12-16(29-4)9-10-19(17)30-5/h6-13H,1-5H3. The summed E-state index contributed by atoms with van der Waals surface area (Å²) in [6.45, 7) is 2.00. The van der Waals surface area contributed by atoms with Crippen molar-refractivity contribution in [3.63, 3.8) is 0 Å². The zero-order valence-corrected chi connectivity index (χ0v) is 17.6. The van der Waals surface area contributed by atoms with Gasteiger partial charge in [-0.15, -0.1) is 0 Å². The van der Waals surface area contributed by atoms with Crippen molar-refractivity contribution in [2.75, 3.05) is 14.2 Å². The molecule has 0 aliphatic rings. The van der Waals surface area contributed by atoms with Crippen LogP contribution in [0.4, 0.5) is 0 Å². The van der Waals surface area contributed by atoms with Crippen LogP contribution in [0.2, 0.25) is 0 Å². The number of fused-ring (bicyclic) bond motifs is 1. The Balaban J connectivity index is 2.23. The fourth-order valence-electron chi connectivity index (χ4n) is 3.79. The fraction of sp³-hybridized carbons (Fsp3) is 0.217. The van der Waals surface area contributed by atoms with E-state index in [0.717, 1.165) is 15.7 Å². The third-order valence-electron chi connectivity index (χ3n) is 5.38. The van der Waals surface area contributed by atoms with Crippen LogP contribution in [0.1, 0.15) is 5.56 Å². The molecule has 0 aliphatic heterocycles. The molecule has 0 atom stereocenters. The molecule has 0 bridgehead atoms. The van der Waals surface area contributed by atoms with Crippen molar-refractivity contribution in [2.24, 2.45) is 14.1 Å². The van der Waals surface area contributed by atoms with E-state index in [0.29, 0.717) is 33.8 Å². The summed E-state index contributed by atoms with van der Waals surface area (Å²) >= 11 is 0. The van der Waals surface area contributed by atoms with Crippen LogP contribution in [0.3, 0.4) is 0 Å². The maximum absolute atomic E-state index is 13.2. The van der Waals surface area contributed by atoms with Gasteiger partial charge in [0.05, 0.1) is 36.5 Å². The molecule has 0 spiro atoms. The lowest BCUT2D eigenvalue weighted by Crippen LogP contribution is -2.36. The van der Waals surface area contributed by atoms with Gasteiger partial charge in [-0.1, -0.05) is 23.8 Å². The van der Waals surface area contributed by atoms with Crippen molar-refractivity contribution in [3.8, 4) is 28.4 Å². The fourth-order valence-corrected chi connectivity index (χ4v) is 3.79. The van der Waals surface area contributed by atoms with Gasteiger partial charge in [0.2, 0.25) is 0 Å². The maximum Gasteiger partial charge on any atom is 0.330 e. The quantitative estimate of drug-likeness (QED) is 0.523. The molecule has 0 amide bonds. The number of benzene rings is 2. The smallest absolute Gasteiger partial charge is 0.330 e. The second kappa shape index (κ2) is 7.26. The topological polar surface area (TPSA) is 67.4 Å². The van der Waals surface area contributed by atoms with Gasteiger partial charge < -0.3 is 14.0 Å². The monoisotopic (exact) mass is 405 g/mol. The van der Waals surface area contributed by atoms with Gasteiger partial charge in [0.25, 0.3) is 5.56 Å². The molecule has 4 aromatic rings. The molecule has 2 heterocycles. The zero-order chi connectivity index (χ0) is 21.6. The molecular formula is C23H23N3O4. The highest BCUT2D eigenvalue weighted by atomic mass is 16.5. The minimum Gasteiger partial charge on any atom is -0.497 e. The van der Waals surface area contributed by atoms with E-state index < -0.39 is 0 Å². The lowest BCUT2D eigenvalue weighted by atomic mass is 10.1. The third-order valence-corrected chi connectivity index (χ3v) is 5.38. The van der Waals surface area contributed by atoms with Crippen LogP contribution in [0.15, 0.2) is 58.3 Å². The van der Waals surface area contributed by atoms with E-state index >= 15 is 0 Å². The lowest BCUT2D eigenvalue weighted by molar-refractivity contribution is 0.401. The summed E-state index contributed by atoms with van der Waals surface area (Å²) in [5, 5.41) is 0.468. The van der Waals surface area contributed by atoms with Crippen molar-refractivity contribution < 1.29 is 9.47 Å². The number of aromatic nitrogens is 3. The summed E-state index contributed by atoms with van der Waals surface area (Å²) in [6.07, 6.45) is 1.80. The Morgan fingerprint density at radius 2 is 1.67 bits per heavy atom. The Kier molecular flexibility index (Phi) is 4.73. The number of hydrogen-bond acceptors (Lipinski definition) is 4. The van der Waals surface area contributed by atoms with E-state index in [1.165, 1.54) is 11.6 Å². The molecule has 2 aromatic carbocycles. The van der Waals surface area contributed by atoms with Gasteiger partial charge in [-0.2, -0.15) is 0 Å². The highest BCUT2D eigenvalue weighted by Gasteiger charge is 2.22. The molecule has 7 nitrogen and oxygen atoms in total. The SMILES string of the molecule is COc1ccc(OC)c(-n2cc3c(c2-c2cccc(C)c2)c(=O)n(C)c(=O)n3C)c1. The van der Waals surface area contributed by atoms with Crippen molar-refractivity contribution >= 4 is 10.9 Å². The number of methoxy groups -OCH3 is 2. The second-order valence-electron chi connectivity index (χ2n) is 7.22. The first-order valence-electron chi connectivity index (χ1n) is 9.48. The van der Waals surface area contributed by atoms with Gasteiger partial charge in [-0.05, 0) is 30.7 Å². The van der Waals surface area contributed by atoms with Gasteiger partial charge in [0.15, 0.2) is 0 Å². The van der Waals surface area contributed by atoms with Gasteiger partial charge in [0.1, 0.15) is 11.5 Å². The summed E-state index contributed by atoms with van der Waals surface area (Å²) in [6, 6.07) is 13.4. The van der Waals surface area contributed by atoms with E-state index in [1.54, 1.807) is 27.5 Å². The Hall–Kier alpha value is -3.74. The molecule has 0 fully saturated rings. The Morgan fingerprint density at radius 1 is 0.900 bits per heavy atom. The van der Waals surface area contributed by atoms with E-state index in [-0.39, 0.29) is 11.2 Å². The summed E-state index contributed by atoms with van der Waals surface area (Å²) in [4.78, 5) is 25.7. The van der Waals surface area contributed by atoms with Crippen molar-refractivity contribution in [1.82, 2.24) is 13.7 Å². The van der Waals surface area contributed by atoms with E-state index in [9.17, 15) is 9.59 Å². The summed E-state index contributed by atoms with van der Waals surface area (Å²) in [5.41, 5.74) is 3.15. The molecular weight excluding hydrogens is 382 g/mol. The third kappa shape index (κ3) is 2.90. The summed E-state index contributed by atoms with van der Waals surface area (Å²) in [7, 11) is 6.35. The number of rotatable bonds is 4. The number of aryl methyl sites for hydroxylation is 2. The highest BCUT2D eigenvalue weighted by Crippen LogP contribution is 2.36. The molecule has 0 aliphatic carbocycles. The van der Waals surface area contributed by atoms with Gasteiger partial charge in [-0.3, -0.25) is 13.9 Å². The minimum absolute atomic E-state index is 0.342. The first-order valence-corrected chi connectivity index (χ1v) is 9.48. The van der Waals surface area contributed by atoms with E-state index in [4.69, 9.17) is 9.47 Å². The van der Waals surface area contributed by atoms with Crippen molar-refractivity contribution in [2.45, 2.75) is 6.92 Å². The molecule has 0 saturated heterocycles. The molecule has 154 valence electrons. The van der Waals surface area contributed by atoms with Crippen LogP contribution in [0.5, 0.6) is 11.5 Å². The predicted octanol–water partition coefficient (Wildman–Crippen LogP) is 3.02. The average Bonchev–Trinajstić information content (AvgIpc) is 3.16. The Bertz CT molecular complexity index is 1390. The summed E-state index contributed by atoms with van der Waals surface area (Å²) < 4.78 is 15.5. The Labute approximate surface area is 173 Å². The molecule has 30 heavy (non-hydrogen) atoms. The van der Waals surface area contributed by atoms with Crippen LogP contribution >= 0.6 is 0 Å². The number of hydrogen-bond donors (Lipinski definition) is 0. The maximum atomic E-state index is 13.2. The van der Waals surface area contributed by atoms with Crippen LogP contribution < -0.4 is 20.7 Å². The van der Waals surface area contributed by atoms with E-state index in [1.807, 2.05) is 54.0 Å². The molecule has 4 rings (SSSR count). The lowest BCUT2D eigenvalue weighted by Gasteiger charge is -2.15. The highest BCUT2D eigenvalue weighted by molar-refractivity contribution is 5.95. The molecule has 7 heteroatoms. The van der Waals surface area contributed by atoms with Crippen LogP contribution in [-0.4, -0.2) is 27.9 Å². The van der Waals surface area contributed by atoms with Crippen LogP contribution in [-0.2, 0) is 14.1 Å². The largest absolute Gasteiger partial charge is 0.497 e. The van der Waals surface area contributed by atoms with Gasteiger partial charge >= 0.3 is 5.69 Å². The van der Waals surface area contributed by atoms with Crippen LogP contribution in [0.25, 0.3) is 27.8 Å². The molecule has 0 radical (unpaired) electrons. The van der Waals surface area contributed by atoms with Crippen molar-refractivity contribution in [1.29, 1.82) is 0 Å². The zero-order valence-electron chi connectivity index (χ0n) is 17.6. The van der Waals surface area contributed by atoms with Gasteiger partial charge in [-0.25, -0.2) is 4.79 Å². The van der Waals surface area contributed by atoms with E-state index in [2.05, 4.69) is 0 Å². The van der Waals surface area contributed by atoms with Gasteiger partial charge in [0, 0.05) is 26.4 Å². The molecule has 0 N–H and O–H groups in total. The Morgan fingerprint density at radius 3 is 2.33 bits per heavy atom. The average molecular weight is 405 g/mol. The number of ether oxygens (including phenoxy) is 2. The second-order valence-corrected chi connectivity index (χ2v) is 7.22. The van der Waals surface area contributed by atoms with Crippen molar-refractivity contribution in [3.05, 3.63) is 75.1 Å². The summed E-state index contributed by atoms with van der Waals surface area (Å²) in [5.74, 6) is 1.27. The predicted molar refractivity (Wildman–Crippen MR) is 117 cm³/mol. The molecule has 2 aromatic heterocycles. The number of nitrogens with zero attached hydrogens (tertiary/aromatic N) is 3. The normalized spacial score (nSPS) is 11.1. The first-order chi connectivity index (χ1) is 14.4.